The van der Waals surface area contributed by atoms with Crippen molar-refractivity contribution in [3.63, 3.8) is 0 Å². The second-order valence-electron chi connectivity index (χ2n) is 3.20. The monoisotopic (exact) mass is 190 g/mol. The molecule has 0 aromatic heterocycles. The van der Waals surface area contributed by atoms with Crippen molar-refractivity contribution in [2.45, 2.75) is 38.6 Å². The molecule has 1 atom stereocenters. The molecule has 0 heterocycles. The molecule has 0 saturated carbocycles. The third-order valence-corrected chi connectivity index (χ3v) is 1.53. The lowest BCUT2D eigenvalue weighted by Gasteiger charge is -1.94. The molecule has 0 spiro atoms. The number of hydrogen-bond acceptors (Lipinski definition) is 4. The van der Waals surface area contributed by atoms with E-state index in [-0.39, 0.29) is 6.04 Å². The summed E-state index contributed by atoms with van der Waals surface area (Å²) in [5.41, 5.74) is 20.8. The first-order chi connectivity index (χ1) is 6.18. The van der Waals surface area contributed by atoms with Gasteiger partial charge in [0, 0.05) is 12.6 Å². The van der Waals surface area contributed by atoms with Gasteiger partial charge in [0.25, 0.3) is 0 Å². The maximum absolute atomic E-state index is 5.28. The highest BCUT2D eigenvalue weighted by Gasteiger charge is 1.83. The van der Waals surface area contributed by atoms with Crippen molar-refractivity contribution < 1.29 is 0 Å². The lowest BCUT2D eigenvalue weighted by atomic mass is 10.2. The first-order valence-electron chi connectivity index (χ1n) is 5.04. The molecule has 8 N–H and O–H groups in total. The van der Waals surface area contributed by atoms with Crippen molar-refractivity contribution in [2.24, 2.45) is 22.9 Å². The molecule has 0 unspecified atom stereocenters. The Morgan fingerprint density at radius 3 is 1.31 bits per heavy atom. The van der Waals surface area contributed by atoms with Crippen LogP contribution in [0.3, 0.4) is 0 Å². The summed E-state index contributed by atoms with van der Waals surface area (Å²) in [7, 11) is 0. The van der Waals surface area contributed by atoms with Gasteiger partial charge in [-0.15, -0.1) is 0 Å². The van der Waals surface area contributed by atoms with Gasteiger partial charge >= 0.3 is 0 Å². The third kappa shape index (κ3) is 24.5. The molecule has 4 heteroatoms. The first kappa shape index (κ1) is 15.3. The molecular weight excluding hydrogens is 164 g/mol. The van der Waals surface area contributed by atoms with Gasteiger partial charge in [-0.2, -0.15) is 0 Å². The van der Waals surface area contributed by atoms with E-state index in [1.54, 1.807) is 0 Å². The molecular formula is C9H26N4. The molecule has 0 fully saturated rings. The van der Waals surface area contributed by atoms with Gasteiger partial charge in [-0.1, -0.05) is 12.8 Å². The van der Waals surface area contributed by atoms with Gasteiger partial charge in [0.15, 0.2) is 0 Å². The predicted molar refractivity (Wildman–Crippen MR) is 59.3 cm³/mol. The van der Waals surface area contributed by atoms with Crippen LogP contribution in [0.25, 0.3) is 0 Å². The minimum atomic E-state index is 0.162. The van der Waals surface area contributed by atoms with E-state index in [1.807, 2.05) is 6.92 Å². The van der Waals surface area contributed by atoms with Crippen LogP contribution < -0.4 is 22.9 Å². The zero-order chi connectivity index (χ0) is 10.5. The predicted octanol–water partition coefficient (Wildman–Crippen LogP) is -0.243. The lowest BCUT2D eigenvalue weighted by molar-refractivity contribution is 0.653. The van der Waals surface area contributed by atoms with Crippen molar-refractivity contribution in [2.75, 3.05) is 19.6 Å². The van der Waals surface area contributed by atoms with E-state index in [0.29, 0.717) is 6.54 Å². The molecule has 0 saturated heterocycles. The van der Waals surface area contributed by atoms with Crippen LogP contribution in [0.15, 0.2) is 0 Å². The van der Waals surface area contributed by atoms with Crippen LogP contribution >= 0.6 is 0 Å². The van der Waals surface area contributed by atoms with Crippen molar-refractivity contribution in [3.8, 4) is 0 Å². The van der Waals surface area contributed by atoms with E-state index >= 15 is 0 Å². The number of hydrogen-bond donors (Lipinski definition) is 4. The fraction of sp³-hybridized carbons (Fsp3) is 1.00. The summed E-state index contributed by atoms with van der Waals surface area (Å²) in [6.45, 7) is 4.11. The highest BCUT2D eigenvalue weighted by Crippen LogP contribution is 1.95. The number of unbranched alkanes of at least 4 members (excludes halogenated alkanes) is 3. The van der Waals surface area contributed by atoms with E-state index in [1.165, 1.54) is 12.8 Å². The Morgan fingerprint density at radius 2 is 1.15 bits per heavy atom. The highest BCUT2D eigenvalue weighted by molar-refractivity contribution is 4.48. The Kier molecular flexibility index (Phi) is 16.9. The minimum Gasteiger partial charge on any atom is -0.330 e. The highest BCUT2D eigenvalue weighted by atomic mass is 14.7. The molecule has 4 nitrogen and oxygen atoms in total. The summed E-state index contributed by atoms with van der Waals surface area (Å²) in [4.78, 5) is 0. The van der Waals surface area contributed by atoms with Crippen molar-refractivity contribution >= 4 is 0 Å². The van der Waals surface area contributed by atoms with E-state index in [2.05, 4.69) is 0 Å². The van der Waals surface area contributed by atoms with E-state index < -0.39 is 0 Å². The van der Waals surface area contributed by atoms with Crippen molar-refractivity contribution in [1.82, 2.24) is 0 Å². The quantitative estimate of drug-likeness (QED) is 0.434. The minimum absolute atomic E-state index is 0.162. The summed E-state index contributed by atoms with van der Waals surface area (Å²) >= 11 is 0. The summed E-state index contributed by atoms with van der Waals surface area (Å²) < 4.78 is 0. The first-order valence-corrected chi connectivity index (χ1v) is 5.04. The zero-order valence-corrected chi connectivity index (χ0v) is 8.84. The Labute approximate surface area is 82.0 Å². The molecule has 82 valence electrons. The fourth-order valence-corrected chi connectivity index (χ4v) is 0.642. The average molecular weight is 190 g/mol. The average Bonchev–Trinajstić information content (AvgIpc) is 2.14. The topological polar surface area (TPSA) is 104 Å². The van der Waals surface area contributed by atoms with E-state index in [0.717, 1.165) is 25.9 Å². The molecule has 0 rings (SSSR count). The zero-order valence-electron chi connectivity index (χ0n) is 8.84. The molecule has 0 aliphatic heterocycles. The summed E-state index contributed by atoms with van der Waals surface area (Å²) in [5, 5.41) is 0. The smallest absolute Gasteiger partial charge is 0.0134 e. The summed E-state index contributed by atoms with van der Waals surface area (Å²) in [6, 6.07) is 0.162. The second-order valence-corrected chi connectivity index (χ2v) is 3.20. The number of rotatable bonds is 6. The van der Waals surface area contributed by atoms with Gasteiger partial charge < -0.3 is 22.9 Å². The fourth-order valence-electron chi connectivity index (χ4n) is 0.642. The number of nitrogens with two attached hydrogens (primary N) is 4. The Bertz CT molecular complexity index is 70.0. The van der Waals surface area contributed by atoms with Crippen LogP contribution in [0.4, 0.5) is 0 Å². The second kappa shape index (κ2) is 14.4. The van der Waals surface area contributed by atoms with E-state index in [9.17, 15) is 0 Å². The van der Waals surface area contributed by atoms with Gasteiger partial charge in [-0.3, -0.25) is 0 Å². The molecule has 0 aliphatic carbocycles. The van der Waals surface area contributed by atoms with Gasteiger partial charge in [0.2, 0.25) is 0 Å². The SMILES string of the molecule is C[C@@H](N)CN.NCCCCCCN. The van der Waals surface area contributed by atoms with Gasteiger partial charge in [-0.25, -0.2) is 0 Å². The van der Waals surface area contributed by atoms with Crippen LogP contribution in [0.2, 0.25) is 0 Å². The van der Waals surface area contributed by atoms with Crippen LogP contribution in [-0.2, 0) is 0 Å². The van der Waals surface area contributed by atoms with Crippen LogP contribution in [0, 0.1) is 0 Å². The van der Waals surface area contributed by atoms with Crippen molar-refractivity contribution in [1.29, 1.82) is 0 Å². The molecule has 0 bridgehead atoms. The Hall–Kier alpha value is -0.160. The molecule has 0 amide bonds. The maximum atomic E-state index is 5.28. The standard InChI is InChI=1S/C6H16N2.C3H10N2/c7-5-3-1-2-4-6-8;1-3(5)2-4/h1-8H2;3H,2,4-5H2,1H3/t;3-/m.1/s1. The van der Waals surface area contributed by atoms with Crippen LogP contribution in [0.5, 0.6) is 0 Å². The normalized spacial score (nSPS) is 11.8. The Balaban J connectivity index is 0. The van der Waals surface area contributed by atoms with Gasteiger partial charge in [-0.05, 0) is 32.9 Å². The van der Waals surface area contributed by atoms with Gasteiger partial charge in [0.05, 0.1) is 0 Å². The van der Waals surface area contributed by atoms with Crippen LogP contribution in [0.1, 0.15) is 32.6 Å². The maximum Gasteiger partial charge on any atom is 0.0134 e. The molecule has 0 aromatic rings. The van der Waals surface area contributed by atoms with E-state index in [4.69, 9.17) is 22.9 Å². The molecule has 0 radical (unpaired) electrons. The summed E-state index contributed by atoms with van der Waals surface area (Å²) in [6.07, 6.45) is 4.79. The third-order valence-electron chi connectivity index (χ3n) is 1.53. The molecule has 0 aromatic carbocycles. The molecule has 13 heavy (non-hydrogen) atoms. The van der Waals surface area contributed by atoms with Crippen molar-refractivity contribution in [3.05, 3.63) is 0 Å². The van der Waals surface area contributed by atoms with Crippen LogP contribution in [-0.4, -0.2) is 25.7 Å². The Morgan fingerprint density at radius 1 is 0.846 bits per heavy atom. The summed E-state index contributed by atoms with van der Waals surface area (Å²) in [5.74, 6) is 0. The lowest BCUT2D eigenvalue weighted by Crippen LogP contribution is -2.25. The largest absolute Gasteiger partial charge is 0.330 e. The molecule has 0 aliphatic rings. The van der Waals surface area contributed by atoms with Gasteiger partial charge in [0.1, 0.15) is 0 Å².